The van der Waals surface area contributed by atoms with Gasteiger partial charge in [0.15, 0.2) is 5.82 Å². The van der Waals surface area contributed by atoms with E-state index >= 15 is 0 Å². The summed E-state index contributed by atoms with van der Waals surface area (Å²) in [5, 5.41) is 11.8. The van der Waals surface area contributed by atoms with E-state index in [2.05, 4.69) is 21.8 Å². The molecule has 0 aliphatic heterocycles. The van der Waals surface area contributed by atoms with Crippen molar-refractivity contribution in [2.75, 3.05) is 6.26 Å². The molecule has 17 heavy (non-hydrogen) atoms. The van der Waals surface area contributed by atoms with Crippen LogP contribution in [0.5, 0.6) is 0 Å². The minimum atomic E-state index is -0.104. The van der Waals surface area contributed by atoms with Crippen LogP contribution in [0.2, 0.25) is 0 Å². The summed E-state index contributed by atoms with van der Waals surface area (Å²) >= 11 is 1.95. The Hall–Kier alpha value is -0.620. The first-order valence-corrected chi connectivity index (χ1v) is 7.46. The number of tetrazole rings is 1. The fourth-order valence-corrected chi connectivity index (χ4v) is 3.49. The van der Waals surface area contributed by atoms with Crippen molar-refractivity contribution in [1.29, 1.82) is 0 Å². The van der Waals surface area contributed by atoms with Crippen LogP contribution in [-0.2, 0) is 6.54 Å². The minimum Gasteiger partial charge on any atom is -0.322 e. The van der Waals surface area contributed by atoms with Gasteiger partial charge in [-0.05, 0) is 36.4 Å². The van der Waals surface area contributed by atoms with Crippen LogP contribution >= 0.6 is 11.8 Å². The molecule has 0 spiro atoms. The molecule has 0 amide bonds. The molecule has 1 unspecified atom stereocenters. The van der Waals surface area contributed by atoms with E-state index in [1.807, 2.05) is 23.4 Å². The van der Waals surface area contributed by atoms with Crippen molar-refractivity contribution in [3.05, 3.63) is 5.82 Å². The third kappa shape index (κ3) is 2.80. The normalized spacial score (nSPS) is 21.4. The molecule has 96 valence electrons. The molecule has 6 heteroatoms. The van der Waals surface area contributed by atoms with Gasteiger partial charge in [0.25, 0.3) is 0 Å². The van der Waals surface area contributed by atoms with E-state index in [1.165, 1.54) is 32.1 Å². The first-order valence-electron chi connectivity index (χ1n) is 6.24. The lowest BCUT2D eigenvalue weighted by Crippen LogP contribution is -2.34. The van der Waals surface area contributed by atoms with Gasteiger partial charge in [0, 0.05) is 4.75 Å². The topological polar surface area (TPSA) is 69.6 Å². The fraction of sp³-hybridized carbons (Fsp3) is 0.909. The molecule has 0 bridgehead atoms. The molecule has 1 aliphatic rings. The van der Waals surface area contributed by atoms with Crippen molar-refractivity contribution in [2.24, 2.45) is 5.73 Å². The van der Waals surface area contributed by atoms with Crippen LogP contribution < -0.4 is 5.73 Å². The maximum absolute atomic E-state index is 5.88. The molecule has 0 radical (unpaired) electrons. The Bertz CT molecular complexity index is 356. The molecule has 0 saturated heterocycles. The summed E-state index contributed by atoms with van der Waals surface area (Å²) in [6, 6.07) is -0.104. The van der Waals surface area contributed by atoms with Crippen LogP contribution in [0.1, 0.15) is 50.9 Å². The van der Waals surface area contributed by atoms with E-state index < -0.39 is 0 Å². The van der Waals surface area contributed by atoms with Gasteiger partial charge in [-0.2, -0.15) is 11.8 Å². The van der Waals surface area contributed by atoms with Crippen LogP contribution in [0.3, 0.4) is 0 Å². The Morgan fingerprint density at radius 3 is 2.71 bits per heavy atom. The smallest absolute Gasteiger partial charge is 0.167 e. The van der Waals surface area contributed by atoms with Crippen molar-refractivity contribution in [1.82, 2.24) is 20.2 Å². The zero-order valence-corrected chi connectivity index (χ0v) is 11.4. The zero-order valence-electron chi connectivity index (χ0n) is 10.6. The van der Waals surface area contributed by atoms with E-state index in [0.29, 0.717) is 4.75 Å². The Morgan fingerprint density at radius 1 is 1.41 bits per heavy atom. The maximum Gasteiger partial charge on any atom is 0.167 e. The minimum absolute atomic E-state index is 0.104. The Labute approximate surface area is 107 Å². The van der Waals surface area contributed by atoms with Gasteiger partial charge in [-0.25, -0.2) is 4.68 Å². The third-order valence-corrected chi connectivity index (χ3v) is 5.01. The van der Waals surface area contributed by atoms with Crippen molar-refractivity contribution < 1.29 is 0 Å². The number of hydrogen-bond donors (Lipinski definition) is 1. The predicted molar refractivity (Wildman–Crippen MR) is 69.8 cm³/mol. The summed E-state index contributed by atoms with van der Waals surface area (Å²) in [4.78, 5) is 0. The molecule has 1 aromatic rings. The average molecular weight is 255 g/mol. The van der Waals surface area contributed by atoms with E-state index in [0.717, 1.165) is 12.4 Å². The van der Waals surface area contributed by atoms with Crippen LogP contribution in [0, 0.1) is 0 Å². The van der Waals surface area contributed by atoms with Crippen LogP contribution in [0.15, 0.2) is 0 Å². The van der Waals surface area contributed by atoms with E-state index in [-0.39, 0.29) is 6.04 Å². The largest absolute Gasteiger partial charge is 0.322 e. The summed E-state index contributed by atoms with van der Waals surface area (Å²) in [7, 11) is 0. The number of thioether (sulfide) groups is 1. The second-order valence-corrected chi connectivity index (χ2v) is 6.21. The average Bonchev–Trinajstić information content (AvgIpc) is 2.78. The second kappa shape index (κ2) is 5.35. The van der Waals surface area contributed by atoms with Crippen LogP contribution in [0.25, 0.3) is 0 Å². The lowest BCUT2D eigenvalue weighted by atomic mass is 9.88. The lowest BCUT2D eigenvalue weighted by molar-refractivity contribution is 0.336. The number of nitrogens with two attached hydrogens (primary N) is 1. The standard InChI is InChI=1S/C11H21N5S/c1-9(12)10-13-14-15-16(10)8-11(17-2)6-4-3-5-7-11/h9H,3-8,12H2,1-2H3. The van der Waals surface area contributed by atoms with Gasteiger partial charge in [-0.3, -0.25) is 0 Å². The fourth-order valence-electron chi connectivity index (χ4n) is 2.55. The van der Waals surface area contributed by atoms with Crippen LogP contribution in [-0.4, -0.2) is 31.2 Å². The van der Waals surface area contributed by atoms with Gasteiger partial charge in [0.05, 0.1) is 12.6 Å². The zero-order chi connectivity index (χ0) is 12.3. The molecule has 2 N–H and O–H groups in total. The Morgan fingerprint density at radius 2 is 2.12 bits per heavy atom. The summed E-state index contributed by atoms with van der Waals surface area (Å²) in [6.45, 7) is 2.81. The second-order valence-electron chi connectivity index (χ2n) is 4.93. The molecule has 5 nitrogen and oxygen atoms in total. The molecule has 1 fully saturated rings. The molecule has 1 saturated carbocycles. The van der Waals surface area contributed by atoms with Gasteiger partial charge in [0.2, 0.25) is 0 Å². The quantitative estimate of drug-likeness (QED) is 0.887. The summed E-state index contributed by atoms with van der Waals surface area (Å²) in [5.41, 5.74) is 5.88. The Balaban J connectivity index is 2.14. The molecular formula is C11H21N5S. The highest BCUT2D eigenvalue weighted by atomic mass is 32.2. The number of nitrogens with zero attached hydrogens (tertiary/aromatic N) is 4. The molecule has 1 atom stereocenters. The van der Waals surface area contributed by atoms with E-state index in [1.54, 1.807) is 0 Å². The third-order valence-electron chi connectivity index (χ3n) is 3.60. The summed E-state index contributed by atoms with van der Waals surface area (Å²) in [5.74, 6) is 0.795. The molecule has 2 rings (SSSR count). The van der Waals surface area contributed by atoms with Crippen LogP contribution in [0.4, 0.5) is 0 Å². The highest BCUT2D eigenvalue weighted by Crippen LogP contribution is 2.39. The van der Waals surface area contributed by atoms with Gasteiger partial charge in [-0.1, -0.05) is 19.3 Å². The lowest BCUT2D eigenvalue weighted by Gasteiger charge is -2.35. The van der Waals surface area contributed by atoms with Gasteiger partial charge >= 0.3 is 0 Å². The monoisotopic (exact) mass is 255 g/mol. The molecule has 0 aromatic carbocycles. The number of hydrogen-bond acceptors (Lipinski definition) is 5. The van der Waals surface area contributed by atoms with Gasteiger partial charge in [-0.15, -0.1) is 5.10 Å². The molecule has 1 heterocycles. The summed E-state index contributed by atoms with van der Waals surface area (Å²) in [6.07, 6.45) is 8.70. The SMILES string of the molecule is CSC1(Cn2nnnc2C(C)N)CCCCC1. The highest BCUT2D eigenvalue weighted by Gasteiger charge is 2.33. The number of rotatable bonds is 4. The van der Waals surface area contributed by atoms with Gasteiger partial charge < -0.3 is 5.73 Å². The van der Waals surface area contributed by atoms with Crippen molar-refractivity contribution >= 4 is 11.8 Å². The van der Waals surface area contributed by atoms with E-state index in [4.69, 9.17) is 5.73 Å². The summed E-state index contributed by atoms with van der Waals surface area (Å²) < 4.78 is 2.20. The first kappa shape index (κ1) is 12.8. The maximum atomic E-state index is 5.88. The Kier molecular flexibility index (Phi) is 4.04. The number of aromatic nitrogens is 4. The highest BCUT2D eigenvalue weighted by molar-refractivity contribution is 8.00. The first-order chi connectivity index (χ1) is 8.17. The predicted octanol–water partition coefficient (Wildman–Crippen LogP) is 1.76. The molecular weight excluding hydrogens is 234 g/mol. The van der Waals surface area contributed by atoms with Crippen molar-refractivity contribution in [3.8, 4) is 0 Å². The van der Waals surface area contributed by atoms with Gasteiger partial charge in [0.1, 0.15) is 0 Å². The molecule has 1 aliphatic carbocycles. The van der Waals surface area contributed by atoms with E-state index in [9.17, 15) is 0 Å². The van der Waals surface area contributed by atoms with Crippen molar-refractivity contribution in [3.63, 3.8) is 0 Å². The van der Waals surface area contributed by atoms with Crippen molar-refractivity contribution in [2.45, 2.75) is 56.4 Å². The molecule has 1 aromatic heterocycles.